The number of hydrogen-bond acceptors (Lipinski definition) is 3. The van der Waals surface area contributed by atoms with Crippen LogP contribution in [0.1, 0.15) is 57.7 Å². The second kappa shape index (κ2) is 11.0. The minimum Gasteiger partial charge on any atom is -0.497 e. The highest BCUT2D eigenvalue weighted by Gasteiger charge is 2.28. The monoisotopic (exact) mass is 424 g/mol. The van der Waals surface area contributed by atoms with Gasteiger partial charge in [0.2, 0.25) is 11.8 Å². The third kappa shape index (κ3) is 7.74. The molecule has 2 aromatic rings. The lowest BCUT2D eigenvalue weighted by molar-refractivity contribution is -0.141. The summed E-state index contributed by atoms with van der Waals surface area (Å²) in [5, 5.41) is 2.99. The highest BCUT2D eigenvalue weighted by Crippen LogP contribution is 2.17. The van der Waals surface area contributed by atoms with Crippen molar-refractivity contribution in [3.05, 3.63) is 65.2 Å². The summed E-state index contributed by atoms with van der Waals surface area (Å²) in [6, 6.07) is 15.4. The number of methoxy groups -OCH3 is 1. The quantitative estimate of drug-likeness (QED) is 0.644. The third-order valence-electron chi connectivity index (χ3n) is 5.24. The zero-order valence-electron chi connectivity index (χ0n) is 19.7. The van der Waals surface area contributed by atoms with Crippen molar-refractivity contribution in [2.24, 2.45) is 0 Å². The Morgan fingerprint density at radius 1 is 0.968 bits per heavy atom. The molecule has 5 heteroatoms. The maximum Gasteiger partial charge on any atom is 0.242 e. The average Bonchev–Trinajstić information content (AvgIpc) is 2.75. The van der Waals surface area contributed by atoms with Crippen LogP contribution in [0.2, 0.25) is 0 Å². The van der Waals surface area contributed by atoms with Crippen molar-refractivity contribution in [3.8, 4) is 5.75 Å². The zero-order valence-corrected chi connectivity index (χ0v) is 19.7. The normalized spacial score (nSPS) is 12.2. The van der Waals surface area contributed by atoms with Gasteiger partial charge in [-0.1, -0.05) is 43.3 Å². The molecule has 5 nitrogen and oxygen atoms in total. The molecule has 0 saturated heterocycles. The molecule has 2 amide bonds. The lowest BCUT2D eigenvalue weighted by Crippen LogP contribution is -2.52. The summed E-state index contributed by atoms with van der Waals surface area (Å²) in [7, 11) is 1.62. The molecule has 0 aromatic heterocycles. The maximum atomic E-state index is 13.2. The molecule has 0 unspecified atom stereocenters. The fourth-order valence-corrected chi connectivity index (χ4v) is 3.32. The number of benzene rings is 2. The molecule has 168 valence electrons. The first-order valence-corrected chi connectivity index (χ1v) is 10.9. The van der Waals surface area contributed by atoms with E-state index in [4.69, 9.17) is 4.74 Å². The Morgan fingerprint density at radius 2 is 1.52 bits per heavy atom. The summed E-state index contributed by atoms with van der Waals surface area (Å²) >= 11 is 0. The number of nitrogens with zero attached hydrogens (tertiary/aromatic N) is 1. The van der Waals surface area contributed by atoms with E-state index in [1.165, 1.54) is 5.56 Å². The Labute approximate surface area is 186 Å². The molecule has 0 radical (unpaired) electrons. The highest BCUT2D eigenvalue weighted by atomic mass is 16.5. The zero-order chi connectivity index (χ0) is 23.0. The summed E-state index contributed by atoms with van der Waals surface area (Å²) in [5.41, 5.74) is 3.00. The van der Waals surface area contributed by atoms with Gasteiger partial charge in [-0.2, -0.15) is 0 Å². The number of hydrogen-bond donors (Lipinski definition) is 1. The summed E-state index contributed by atoms with van der Waals surface area (Å²) in [6.45, 7) is 10.1. The number of amides is 2. The van der Waals surface area contributed by atoms with Gasteiger partial charge in [0, 0.05) is 18.5 Å². The van der Waals surface area contributed by atoms with Gasteiger partial charge in [0.25, 0.3) is 0 Å². The molecule has 0 heterocycles. The van der Waals surface area contributed by atoms with Gasteiger partial charge in [-0.15, -0.1) is 0 Å². The Balaban J connectivity index is 2.15. The number of carbonyl (C=O) groups is 2. The molecule has 0 aliphatic heterocycles. The number of carbonyl (C=O) groups excluding carboxylic acids is 2. The van der Waals surface area contributed by atoms with Crippen molar-refractivity contribution >= 4 is 11.8 Å². The van der Waals surface area contributed by atoms with E-state index in [1.54, 1.807) is 18.9 Å². The SMILES string of the molecule is CCc1ccc(CCC(=O)N(Cc2ccc(OC)cc2)[C@@H](C)C(=O)NC(C)(C)C)cc1. The van der Waals surface area contributed by atoms with E-state index in [9.17, 15) is 9.59 Å². The third-order valence-corrected chi connectivity index (χ3v) is 5.24. The molecule has 2 aromatic carbocycles. The van der Waals surface area contributed by atoms with Crippen molar-refractivity contribution in [2.45, 2.75) is 72.0 Å². The maximum absolute atomic E-state index is 13.2. The van der Waals surface area contributed by atoms with Crippen LogP contribution in [0.5, 0.6) is 5.75 Å². The molecule has 1 N–H and O–H groups in total. The lowest BCUT2D eigenvalue weighted by atomic mass is 10.0. The molecule has 0 aliphatic rings. The standard InChI is InChI=1S/C26H36N2O3/c1-7-20-8-10-21(11-9-20)14-17-24(29)28(19(2)25(30)27-26(3,4)5)18-22-12-15-23(31-6)16-13-22/h8-13,15-16,19H,7,14,17-18H2,1-6H3,(H,27,30)/t19-/m0/s1. The summed E-state index contributed by atoms with van der Waals surface area (Å²) in [4.78, 5) is 27.7. The Bertz CT molecular complexity index is 852. The minimum absolute atomic E-state index is 0.0352. The highest BCUT2D eigenvalue weighted by molar-refractivity contribution is 5.87. The number of rotatable bonds is 9. The summed E-state index contributed by atoms with van der Waals surface area (Å²) < 4.78 is 5.22. The lowest BCUT2D eigenvalue weighted by Gasteiger charge is -2.31. The van der Waals surface area contributed by atoms with Gasteiger partial charge >= 0.3 is 0 Å². The van der Waals surface area contributed by atoms with Crippen LogP contribution >= 0.6 is 0 Å². The molecule has 1 atom stereocenters. The van der Waals surface area contributed by atoms with Gasteiger partial charge in [0.15, 0.2) is 0 Å². The molecule has 2 rings (SSSR count). The summed E-state index contributed by atoms with van der Waals surface area (Å²) in [6.07, 6.45) is 2.00. The fourth-order valence-electron chi connectivity index (χ4n) is 3.32. The minimum atomic E-state index is -0.573. The topological polar surface area (TPSA) is 58.6 Å². The first kappa shape index (κ1) is 24.4. The van der Waals surface area contributed by atoms with Crippen molar-refractivity contribution in [3.63, 3.8) is 0 Å². The number of aryl methyl sites for hydroxylation is 2. The van der Waals surface area contributed by atoms with Gasteiger partial charge in [-0.3, -0.25) is 9.59 Å². The number of nitrogens with one attached hydrogen (secondary N) is 1. The van der Waals surface area contributed by atoms with Crippen LogP contribution in [0.15, 0.2) is 48.5 Å². The number of ether oxygens (including phenoxy) is 1. The molecule has 0 aliphatic carbocycles. The van der Waals surface area contributed by atoms with Gasteiger partial charge in [-0.25, -0.2) is 0 Å². The summed E-state index contributed by atoms with van der Waals surface area (Å²) in [5.74, 6) is 0.573. The first-order chi connectivity index (χ1) is 14.6. The van der Waals surface area contributed by atoms with E-state index in [1.807, 2.05) is 45.0 Å². The predicted octanol–water partition coefficient (Wildman–Crippen LogP) is 4.52. The van der Waals surface area contributed by atoms with Crippen LogP contribution in [-0.2, 0) is 29.0 Å². The van der Waals surface area contributed by atoms with E-state index < -0.39 is 6.04 Å². The first-order valence-electron chi connectivity index (χ1n) is 10.9. The Hall–Kier alpha value is -2.82. The smallest absolute Gasteiger partial charge is 0.242 e. The van der Waals surface area contributed by atoms with Crippen LogP contribution in [0.25, 0.3) is 0 Å². The molecule has 0 spiro atoms. The van der Waals surface area contributed by atoms with E-state index in [-0.39, 0.29) is 17.4 Å². The molecular weight excluding hydrogens is 388 g/mol. The molecule has 0 saturated carbocycles. The van der Waals surface area contributed by atoms with Crippen LogP contribution in [0, 0.1) is 0 Å². The predicted molar refractivity (Wildman–Crippen MR) is 125 cm³/mol. The molecular formula is C26H36N2O3. The Kier molecular flexibility index (Phi) is 8.66. The average molecular weight is 425 g/mol. The van der Waals surface area contributed by atoms with Crippen molar-refractivity contribution in [1.29, 1.82) is 0 Å². The van der Waals surface area contributed by atoms with Crippen LogP contribution in [0.3, 0.4) is 0 Å². The van der Waals surface area contributed by atoms with Crippen LogP contribution < -0.4 is 10.1 Å². The second-order valence-electron chi connectivity index (χ2n) is 8.95. The van der Waals surface area contributed by atoms with Gasteiger partial charge in [-0.05, 0) is 69.4 Å². The van der Waals surface area contributed by atoms with Crippen LogP contribution in [0.4, 0.5) is 0 Å². The van der Waals surface area contributed by atoms with E-state index in [0.29, 0.717) is 19.4 Å². The molecule has 0 bridgehead atoms. The van der Waals surface area contributed by atoms with Crippen LogP contribution in [-0.4, -0.2) is 35.4 Å². The van der Waals surface area contributed by atoms with Gasteiger partial charge in [0.05, 0.1) is 7.11 Å². The molecule has 0 fully saturated rings. The van der Waals surface area contributed by atoms with Crippen molar-refractivity contribution in [1.82, 2.24) is 10.2 Å². The van der Waals surface area contributed by atoms with Gasteiger partial charge < -0.3 is 15.0 Å². The van der Waals surface area contributed by atoms with E-state index in [0.717, 1.165) is 23.3 Å². The van der Waals surface area contributed by atoms with Crippen molar-refractivity contribution < 1.29 is 14.3 Å². The van der Waals surface area contributed by atoms with Gasteiger partial charge in [0.1, 0.15) is 11.8 Å². The van der Waals surface area contributed by atoms with Crippen molar-refractivity contribution in [2.75, 3.05) is 7.11 Å². The molecule has 31 heavy (non-hydrogen) atoms. The van der Waals surface area contributed by atoms with E-state index >= 15 is 0 Å². The van der Waals surface area contributed by atoms with E-state index in [2.05, 4.69) is 36.5 Å². The Morgan fingerprint density at radius 3 is 2.03 bits per heavy atom. The fraction of sp³-hybridized carbons (Fsp3) is 0.462. The largest absolute Gasteiger partial charge is 0.497 e. The second-order valence-corrected chi connectivity index (χ2v) is 8.95.